The number of carbonyl (C=O) groups is 3. The SMILES string of the molecule is COc1ccnc(C(=O)N[C@@H](C)C(=O)OC(C(C)C)[C@H](C)Oc2ccccc2)c1OC(C)=O. The zero-order valence-electron chi connectivity index (χ0n) is 19.7. The molecule has 0 saturated heterocycles. The zero-order valence-corrected chi connectivity index (χ0v) is 19.7. The Labute approximate surface area is 193 Å². The Morgan fingerprint density at radius 1 is 1.00 bits per heavy atom. The second-order valence-corrected chi connectivity index (χ2v) is 7.76. The molecular formula is C24H30N2O7. The molecule has 2 aromatic rings. The molecule has 0 bridgehead atoms. The van der Waals surface area contributed by atoms with Gasteiger partial charge in [-0.05, 0) is 31.9 Å². The van der Waals surface area contributed by atoms with Gasteiger partial charge in [0.1, 0.15) is 24.0 Å². The molecule has 1 unspecified atom stereocenters. The molecule has 0 spiro atoms. The Hall–Kier alpha value is -3.62. The summed E-state index contributed by atoms with van der Waals surface area (Å²) in [4.78, 5) is 40.9. The van der Waals surface area contributed by atoms with Gasteiger partial charge in [-0.3, -0.25) is 9.59 Å². The molecule has 0 aliphatic rings. The molecule has 9 nitrogen and oxygen atoms in total. The second-order valence-electron chi connectivity index (χ2n) is 7.76. The van der Waals surface area contributed by atoms with Crippen molar-refractivity contribution in [1.29, 1.82) is 0 Å². The Kier molecular flexibility index (Phi) is 9.20. The lowest BCUT2D eigenvalue weighted by molar-refractivity contribution is -0.158. The minimum Gasteiger partial charge on any atom is -0.493 e. The fourth-order valence-electron chi connectivity index (χ4n) is 3.11. The van der Waals surface area contributed by atoms with Gasteiger partial charge < -0.3 is 24.3 Å². The highest BCUT2D eigenvalue weighted by molar-refractivity contribution is 5.98. The molecule has 0 fully saturated rings. The molecule has 33 heavy (non-hydrogen) atoms. The summed E-state index contributed by atoms with van der Waals surface area (Å²) < 4.78 is 21.8. The molecule has 1 amide bonds. The third kappa shape index (κ3) is 7.20. The number of ether oxygens (including phenoxy) is 4. The second kappa shape index (κ2) is 11.8. The van der Waals surface area contributed by atoms with Crippen molar-refractivity contribution < 1.29 is 33.3 Å². The number of hydrogen-bond donors (Lipinski definition) is 1. The molecule has 2 rings (SSSR count). The van der Waals surface area contributed by atoms with Gasteiger partial charge in [0.15, 0.2) is 11.4 Å². The number of hydrogen-bond acceptors (Lipinski definition) is 8. The smallest absolute Gasteiger partial charge is 0.328 e. The van der Waals surface area contributed by atoms with Crippen molar-refractivity contribution in [3.05, 3.63) is 48.3 Å². The van der Waals surface area contributed by atoms with E-state index in [1.165, 1.54) is 33.2 Å². The first-order valence-corrected chi connectivity index (χ1v) is 10.6. The zero-order chi connectivity index (χ0) is 24.5. The maximum absolute atomic E-state index is 12.8. The van der Waals surface area contributed by atoms with E-state index in [9.17, 15) is 14.4 Å². The first-order valence-electron chi connectivity index (χ1n) is 10.6. The minimum atomic E-state index is -0.999. The molecule has 1 N–H and O–H groups in total. The molecule has 1 heterocycles. The number of nitrogens with zero attached hydrogens (tertiary/aromatic N) is 1. The van der Waals surface area contributed by atoms with Crippen LogP contribution in [0.3, 0.4) is 0 Å². The topological polar surface area (TPSA) is 113 Å². The van der Waals surface area contributed by atoms with E-state index in [2.05, 4.69) is 10.3 Å². The molecule has 0 aliphatic carbocycles. The van der Waals surface area contributed by atoms with E-state index >= 15 is 0 Å². The summed E-state index contributed by atoms with van der Waals surface area (Å²) >= 11 is 0. The van der Waals surface area contributed by atoms with Crippen LogP contribution in [0.25, 0.3) is 0 Å². The predicted molar refractivity (Wildman–Crippen MR) is 120 cm³/mol. The minimum absolute atomic E-state index is 0.0359. The van der Waals surface area contributed by atoms with Gasteiger partial charge in [-0.2, -0.15) is 0 Å². The average Bonchev–Trinajstić information content (AvgIpc) is 2.77. The summed E-state index contributed by atoms with van der Waals surface area (Å²) in [5, 5.41) is 2.53. The highest BCUT2D eigenvalue weighted by Gasteiger charge is 2.30. The summed E-state index contributed by atoms with van der Waals surface area (Å²) in [6.07, 6.45) is 0.361. The lowest BCUT2D eigenvalue weighted by Gasteiger charge is -2.29. The Morgan fingerprint density at radius 2 is 1.67 bits per heavy atom. The highest BCUT2D eigenvalue weighted by atomic mass is 16.6. The van der Waals surface area contributed by atoms with Gasteiger partial charge >= 0.3 is 11.9 Å². The molecule has 0 saturated carbocycles. The number of benzene rings is 1. The molecule has 1 aromatic carbocycles. The van der Waals surface area contributed by atoms with Crippen molar-refractivity contribution in [2.75, 3.05) is 7.11 Å². The standard InChI is InChI=1S/C24H30N2O7/c1-14(2)21(16(4)31-18-10-8-7-9-11-18)33-24(29)15(3)26-23(28)20-22(32-17(5)27)19(30-6)12-13-25-20/h7-16,21H,1-6H3,(H,26,28)/t15-,16-,21?/m0/s1. The predicted octanol–water partition coefficient (Wildman–Crippen LogP) is 3.17. The first kappa shape index (κ1) is 25.6. The number of rotatable bonds is 10. The first-order chi connectivity index (χ1) is 15.6. The van der Waals surface area contributed by atoms with Crippen LogP contribution in [-0.2, 0) is 14.3 Å². The number of amides is 1. The number of para-hydroxylation sites is 1. The van der Waals surface area contributed by atoms with Gasteiger partial charge in [-0.15, -0.1) is 0 Å². The van der Waals surface area contributed by atoms with Crippen LogP contribution in [0.1, 0.15) is 45.1 Å². The Balaban J connectivity index is 2.09. The number of nitrogens with one attached hydrogen (secondary N) is 1. The summed E-state index contributed by atoms with van der Waals surface area (Å²) in [5.41, 5.74) is -0.189. The number of methoxy groups -OCH3 is 1. The van der Waals surface area contributed by atoms with Crippen LogP contribution in [0.15, 0.2) is 42.6 Å². The maximum Gasteiger partial charge on any atom is 0.328 e. The monoisotopic (exact) mass is 458 g/mol. The van der Waals surface area contributed by atoms with E-state index in [1.54, 1.807) is 0 Å². The van der Waals surface area contributed by atoms with Gasteiger partial charge in [0, 0.05) is 19.2 Å². The maximum atomic E-state index is 12.8. The average molecular weight is 459 g/mol. The van der Waals surface area contributed by atoms with Crippen molar-refractivity contribution in [2.24, 2.45) is 5.92 Å². The number of aromatic nitrogens is 1. The molecule has 3 atom stereocenters. The Bertz CT molecular complexity index is 963. The summed E-state index contributed by atoms with van der Waals surface area (Å²) in [6.45, 7) is 8.33. The third-order valence-electron chi connectivity index (χ3n) is 4.69. The third-order valence-corrected chi connectivity index (χ3v) is 4.69. The van der Waals surface area contributed by atoms with Gasteiger partial charge in [0.05, 0.1) is 7.11 Å². The van der Waals surface area contributed by atoms with E-state index in [0.29, 0.717) is 5.75 Å². The molecule has 0 radical (unpaired) electrons. The van der Waals surface area contributed by atoms with E-state index in [0.717, 1.165) is 0 Å². The van der Waals surface area contributed by atoms with Crippen molar-refractivity contribution in [3.63, 3.8) is 0 Å². The van der Waals surface area contributed by atoms with Crippen LogP contribution in [-0.4, -0.2) is 48.2 Å². The molecule has 9 heteroatoms. The normalized spacial score (nSPS) is 13.4. The summed E-state index contributed by atoms with van der Waals surface area (Å²) in [6, 6.07) is 9.68. The van der Waals surface area contributed by atoms with Crippen LogP contribution in [0.4, 0.5) is 0 Å². The lowest BCUT2D eigenvalue weighted by Crippen LogP contribution is -2.45. The fraction of sp³-hybridized carbons (Fsp3) is 0.417. The van der Waals surface area contributed by atoms with E-state index in [1.807, 2.05) is 51.1 Å². The van der Waals surface area contributed by atoms with Crippen molar-refractivity contribution in [1.82, 2.24) is 10.3 Å². The highest BCUT2D eigenvalue weighted by Crippen LogP contribution is 2.29. The molecule has 1 aromatic heterocycles. The molecular weight excluding hydrogens is 428 g/mol. The number of esters is 2. The van der Waals surface area contributed by atoms with Crippen molar-refractivity contribution >= 4 is 17.8 Å². The van der Waals surface area contributed by atoms with Gasteiger partial charge in [-0.25, -0.2) is 9.78 Å². The lowest BCUT2D eigenvalue weighted by atomic mass is 10.0. The van der Waals surface area contributed by atoms with Gasteiger partial charge in [-0.1, -0.05) is 32.0 Å². The van der Waals surface area contributed by atoms with Crippen LogP contribution >= 0.6 is 0 Å². The summed E-state index contributed by atoms with van der Waals surface area (Å²) in [7, 11) is 1.37. The van der Waals surface area contributed by atoms with Crippen LogP contribution < -0.4 is 19.5 Å². The molecule has 178 valence electrons. The van der Waals surface area contributed by atoms with E-state index in [-0.39, 0.29) is 23.1 Å². The van der Waals surface area contributed by atoms with Gasteiger partial charge in [0.2, 0.25) is 5.75 Å². The van der Waals surface area contributed by atoms with Gasteiger partial charge in [0.25, 0.3) is 5.91 Å². The van der Waals surface area contributed by atoms with Crippen LogP contribution in [0.5, 0.6) is 17.2 Å². The summed E-state index contributed by atoms with van der Waals surface area (Å²) in [5.74, 6) is -1.34. The van der Waals surface area contributed by atoms with E-state index < -0.39 is 36.1 Å². The fourth-order valence-corrected chi connectivity index (χ4v) is 3.11. The van der Waals surface area contributed by atoms with Crippen molar-refractivity contribution in [2.45, 2.75) is 52.9 Å². The number of carbonyl (C=O) groups excluding carboxylic acids is 3. The van der Waals surface area contributed by atoms with E-state index in [4.69, 9.17) is 18.9 Å². The largest absolute Gasteiger partial charge is 0.493 e. The number of pyridine rings is 1. The Morgan fingerprint density at radius 3 is 2.24 bits per heavy atom. The molecule has 0 aliphatic heterocycles. The van der Waals surface area contributed by atoms with Crippen LogP contribution in [0, 0.1) is 5.92 Å². The van der Waals surface area contributed by atoms with Crippen molar-refractivity contribution in [3.8, 4) is 17.2 Å². The quantitative estimate of drug-likeness (QED) is 0.540. The van der Waals surface area contributed by atoms with Crippen LogP contribution in [0.2, 0.25) is 0 Å².